The third-order valence-electron chi connectivity index (χ3n) is 5.56. The van der Waals surface area contributed by atoms with E-state index in [-0.39, 0.29) is 5.82 Å². The Morgan fingerprint density at radius 1 is 1.12 bits per heavy atom. The second-order valence-electron chi connectivity index (χ2n) is 7.07. The number of hydrogen-bond acceptors (Lipinski definition) is 4. The SMILES string of the molecule is Cc1ccc(-c2ccc(N[C@@H]3C4CCN(CC4)[C@@H]3C)nn2)c(F)c1. The lowest BCUT2D eigenvalue weighted by atomic mass is 9.79. The van der Waals surface area contributed by atoms with Gasteiger partial charge in [0, 0.05) is 17.6 Å². The topological polar surface area (TPSA) is 41.0 Å². The summed E-state index contributed by atoms with van der Waals surface area (Å²) >= 11 is 0. The highest BCUT2D eigenvalue weighted by molar-refractivity contribution is 5.60. The number of rotatable bonds is 3. The number of anilines is 1. The predicted molar refractivity (Wildman–Crippen MR) is 93.3 cm³/mol. The molecule has 2 aromatic rings. The Hall–Kier alpha value is -2.01. The fourth-order valence-corrected chi connectivity index (χ4v) is 4.10. The molecule has 4 heterocycles. The van der Waals surface area contributed by atoms with Crippen molar-refractivity contribution in [2.45, 2.75) is 38.8 Å². The van der Waals surface area contributed by atoms with Gasteiger partial charge in [-0.05, 0) is 75.5 Å². The van der Waals surface area contributed by atoms with Gasteiger partial charge in [0.25, 0.3) is 0 Å². The first kappa shape index (κ1) is 15.5. The van der Waals surface area contributed by atoms with E-state index in [1.807, 2.05) is 25.1 Å². The van der Waals surface area contributed by atoms with E-state index in [9.17, 15) is 4.39 Å². The van der Waals surface area contributed by atoms with Crippen molar-refractivity contribution in [3.8, 4) is 11.3 Å². The number of nitrogens with one attached hydrogen (secondary N) is 1. The zero-order chi connectivity index (χ0) is 16.7. The smallest absolute Gasteiger partial charge is 0.148 e. The summed E-state index contributed by atoms with van der Waals surface area (Å²) in [4.78, 5) is 2.54. The first-order valence-corrected chi connectivity index (χ1v) is 8.72. The minimum Gasteiger partial charge on any atom is -0.364 e. The van der Waals surface area contributed by atoms with Gasteiger partial charge in [-0.25, -0.2) is 4.39 Å². The molecule has 2 atom stereocenters. The van der Waals surface area contributed by atoms with Crippen LogP contribution in [0.2, 0.25) is 0 Å². The van der Waals surface area contributed by atoms with Crippen molar-refractivity contribution in [1.29, 1.82) is 0 Å². The summed E-state index contributed by atoms with van der Waals surface area (Å²) in [5.74, 6) is 1.23. The van der Waals surface area contributed by atoms with Crippen molar-refractivity contribution in [2.75, 3.05) is 18.4 Å². The van der Waals surface area contributed by atoms with Gasteiger partial charge >= 0.3 is 0 Å². The number of benzene rings is 1. The molecule has 3 saturated heterocycles. The first-order valence-electron chi connectivity index (χ1n) is 8.72. The molecule has 126 valence electrons. The van der Waals surface area contributed by atoms with Crippen molar-refractivity contribution in [3.05, 3.63) is 41.7 Å². The molecule has 5 rings (SSSR count). The van der Waals surface area contributed by atoms with Crippen LogP contribution < -0.4 is 5.32 Å². The van der Waals surface area contributed by atoms with Crippen molar-refractivity contribution in [3.63, 3.8) is 0 Å². The zero-order valence-electron chi connectivity index (χ0n) is 14.2. The van der Waals surface area contributed by atoms with Crippen LogP contribution in [0.1, 0.15) is 25.3 Å². The fourth-order valence-electron chi connectivity index (χ4n) is 4.10. The average molecular weight is 326 g/mol. The lowest BCUT2D eigenvalue weighted by molar-refractivity contribution is 0.0457. The van der Waals surface area contributed by atoms with Crippen LogP contribution in [0.3, 0.4) is 0 Å². The number of piperidine rings is 3. The molecule has 0 spiro atoms. The van der Waals surface area contributed by atoms with E-state index < -0.39 is 0 Å². The van der Waals surface area contributed by atoms with Gasteiger partial charge in [0.1, 0.15) is 11.6 Å². The summed E-state index contributed by atoms with van der Waals surface area (Å²) in [6.45, 7) is 6.58. The van der Waals surface area contributed by atoms with E-state index in [1.165, 1.54) is 32.0 Å². The molecule has 3 aliphatic heterocycles. The summed E-state index contributed by atoms with van der Waals surface area (Å²) < 4.78 is 14.1. The molecule has 4 nitrogen and oxygen atoms in total. The van der Waals surface area contributed by atoms with Crippen molar-refractivity contribution in [2.24, 2.45) is 5.92 Å². The summed E-state index contributed by atoms with van der Waals surface area (Å²) in [6, 6.07) is 9.87. The largest absolute Gasteiger partial charge is 0.364 e. The highest BCUT2D eigenvalue weighted by Crippen LogP contribution is 2.33. The molecule has 5 heteroatoms. The maximum atomic E-state index is 14.1. The Morgan fingerprint density at radius 2 is 1.92 bits per heavy atom. The molecule has 3 fully saturated rings. The van der Waals surface area contributed by atoms with Crippen LogP contribution in [0.4, 0.5) is 10.2 Å². The van der Waals surface area contributed by atoms with Crippen LogP contribution >= 0.6 is 0 Å². The van der Waals surface area contributed by atoms with Gasteiger partial charge in [-0.1, -0.05) is 6.07 Å². The molecule has 0 unspecified atom stereocenters. The summed E-state index contributed by atoms with van der Waals surface area (Å²) in [6.07, 6.45) is 2.50. The molecular weight excluding hydrogens is 303 g/mol. The number of hydrogen-bond donors (Lipinski definition) is 1. The second kappa shape index (κ2) is 6.13. The molecule has 24 heavy (non-hydrogen) atoms. The van der Waals surface area contributed by atoms with E-state index in [2.05, 4.69) is 27.3 Å². The predicted octanol–water partition coefficient (Wildman–Crippen LogP) is 3.49. The quantitative estimate of drug-likeness (QED) is 0.937. The van der Waals surface area contributed by atoms with Crippen LogP contribution in [0.25, 0.3) is 11.3 Å². The molecule has 2 bridgehead atoms. The van der Waals surface area contributed by atoms with Gasteiger partial charge in [-0.3, -0.25) is 4.90 Å². The number of aromatic nitrogens is 2. The molecule has 1 N–H and O–H groups in total. The van der Waals surface area contributed by atoms with Gasteiger partial charge in [-0.15, -0.1) is 10.2 Å². The Morgan fingerprint density at radius 3 is 2.54 bits per heavy atom. The number of nitrogens with zero attached hydrogens (tertiary/aromatic N) is 3. The van der Waals surface area contributed by atoms with Gasteiger partial charge in [0.15, 0.2) is 0 Å². The summed E-state index contributed by atoms with van der Waals surface area (Å²) in [5.41, 5.74) is 1.97. The van der Waals surface area contributed by atoms with Gasteiger partial charge in [0.2, 0.25) is 0 Å². The number of halogens is 1. The lowest BCUT2D eigenvalue weighted by Gasteiger charge is -2.50. The summed E-state index contributed by atoms with van der Waals surface area (Å²) in [7, 11) is 0. The fraction of sp³-hybridized carbons (Fsp3) is 0.474. The van der Waals surface area contributed by atoms with E-state index in [0.717, 1.165) is 11.4 Å². The average Bonchev–Trinajstić information content (AvgIpc) is 2.59. The van der Waals surface area contributed by atoms with E-state index in [0.29, 0.717) is 29.3 Å². The van der Waals surface area contributed by atoms with E-state index in [4.69, 9.17) is 0 Å². The minimum absolute atomic E-state index is 0.254. The Bertz CT molecular complexity index is 721. The monoisotopic (exact) mass is 326 g/mol. The van der Waals surface area contributed by atoms with Crippen molar-refractivity contribution < 1.29 is 4.39 Å². The van der Waals surface area contributed by atoms with Crippen molar-refractivity contribution in [1.82, 2.24) is 15.1 Å². The van der Waals surface area contributed by atoms with Crippen LogP contribution in [0, 0.1) is 18.7 Å². The van der Waals surface area contributed by atoms with E-state index >= 15 is 0 Å². The third-order valence-corrected chi connectivity index (χ3v) is 5.56. The molecule has 0 amide bonds. The second-order valence-corrected chi connectivity index (χ2v) is 7.07. The normalized spacial score (nSPS) is 28.8. The molecule has 0 saturated carbocycles. The van der Waals surface area contributed by atoms with Crippen LogP contribution in [0.15, 0.2) is 30.3 Å². The summed E-state index contributed by atoms with van der Waals surface area (Å²) in [5, 5.41) is 12.1. The molecule has 1 aromatic carbocycles. The molecule has 0 radical (unpaired) electrons. The van der Waals surface area contributed by atoms with E-state index in [1.54, 1.807) is 6.07 Å². The number of fused-ring (bicyclic) bond motifs is 3. The minimum atomic E-state index is -0.254. The zero-order valence-corrected chi connectivity index (χ0v) is 14.2. The maximum absolute atomic E-state index is 14.1. The highest BCUT2D eigenvalue weighted by atomic mass is 19.1. The Labute approximate surface area is 142 Å². The molecule has 3 aliphatic rings. The molecular formula is C19H23FN4. The standard InChI is InChI=1S/C19H23FN4/c1-12-3-4-15(16(20)11-12)17-5-6-18(23-22-17)21-19-13(2)24-9-7-14(19)8-10-24/h3-6,11,13-14,19H,7-10H2,1-2H3,(H,21,23)/t13-,19+/m1/s1. The Kier molecular flexibility index (Phi) is 3.96. The third kappa shape index (κ3) is 2.77. The molecule has 0 aliphatic carbocycles. The highest BCUT2D eigenvalue weighted by Gasteiger charge is 2.39. The van der Waals surface area contributed by atoms with Crippen LogP contribution in [-0.4, -0.2) is 40.3 Å². The van der Waals surface area contributed by atoms with Gasteiger partial charge < -0.3 is 5.32 Å². The maximum Gasteiger partial charge on any atom is 0.148 e. The van der Waals surface area contributed by atoms with Gasteiger partial charge in [0.05, 0.1) is 5.69 Å². The van der Waals surface area contributed by atoms with Crippen LogP contribution in [0.5, 0.6) is 0 Å². The first-order chi connectivity index (χ1) is 11.6. The van der Waals surface area contributed by atoms with Crippen LogP contribution in [-0.2, 0) is 0 Å². The molecule has 1 aromatic heterocycles. The van der Waals surface area contributed by atoms with Gasteiger partial charge in [-0.2, -0.15) is 0 Å². The lowest BCUT2D eigenvalue weighted by Crippen LogP contribution is -2.59. The Balaban J connectivity index is 1.52. The number of aryl methyl sites for hydroxylation is 1. The van der Waals surface area contributed by atoms with Crippen molar-refractivity contribution >= 4 is 5.82 Å².